The highest BCUT2D eigenvalue weighted by Gasteiger charge is 2.27. The molecule has 1 aliphatic rings. The summed E-state index contributed by atoms with van der Waals surface area (Å²) in [4.78, 5) is 1.30. The monoisotopic (exact) mass is 476 g/mol. The van der Waals surface area contributed by atoms with Crippen LogP contribution in [0.5, 0.6) is 0 Å². The number of hydrogen-bond donors (Lipinski definition) is 0. The van der Waals surface area contributed by atoms with E-state index in [2.05, 4.69) is 133 Å². The van der Waals surface area contributed by atoms with Gasteiger partial charge in [0.2, 0.25) is 0 Å². The van der Waals surface area contributed by atoms with E-state index in [0.29, 0.717) is 0 Å². The van der Waals surface area contributed by atoms with Crippen molar-refractivity contribution in [2.45, 2.75) is 6.42 Å². The molecule has 36 heavy (non-hydrogen) atoms. The highest BCUT2D eigenvalue weighted by atomic mass is 32.1. The third kappa shape index (κ3) is 3.52. The van der Waals surface area contributed by atoms with Crippen molar-refractivity contribution in [3.05, 3.63) is 144 Å². The molecule has 5 aromatic carbocycles. The van der Waals surface area contributed by atoms with Crippen LogP contribution in [0.15, 0.2) is 133 Å². The normalized spacial score (nSPS) is 11.8. The topological polar surface area (TPSA) is 0 Å². The molecule has 1 heteroatoms. The molecule has 0 aliphatic heterocycles. The van der Waals surface area contributed by atoms with E-state index in [1.807, 2.05) is 11.3 Å². The Morgan fingerprint density at radius 2 is 1.03 bits per heavy atom. The maximum atomic E-state index is 2.45. The average Bonchev–Trinajstić information content (AvgIpc) is 3.59. The second kappa shape index (κ2) is 8.78. The van der Waals surface area contributed by atoms with Gasteiger partial charge in [-0.05, 0) is 79.6 Å². The summed E-state index contributed by atoms with van der Waals surface area (Å²) in [5, 5.41) is 2.29. The minimum Gasteiger partial charge on any atom is -0.143 e. The molecule has 0 amide bonds. The molecule has 0 saturated heterocycles. The Labute approximate surface area is 216 Å². The lowest BCUT2D eigenvalue weighted by Gasteiger charge is -2.20. The van der Waals surface area contributed by atoms with Crippen LogP contribution in [0.2, 0.25) is 0 Å². The van der Waals surface area contributed by atoms with Gasteiger partial charge in [0.15, 0.2) is 0 Å². The molecular formula is C35H24S. The van der Waals surface area contributed by atoms with E-state index in [4.69, 9.17) is 0 Å². The standard InChI is InChI=1S/C35H24S/c1-4-12-24(13-5-1)28-21-33(36-23-28)32-22-30-29-19-11-10-18-27(29)20-31(30)34(25-14-6-2-7-15-25)35(32)26-16-8-3-9-17-26/h1-19,21-23H,20H2. The zero-order valence-corrected chi connectivity index (χ0v) is 20.6. The molecule has 0 spiro atoms. The van der Waals surface area contributed by atoms with Gasteiger partial charge in [0.1, 0.15) is 0 Å². The average molecular weight is 477 g/mol. The summed E-state index contributed by atoms with van der Waals surface area (Å²) >= 11 is 1.84. The summed E-state index contributed by atoms with van der Waals surface area (Å²) in [5.41, 5.74) is 14.7. The summed E-state index contributed by atoms with van der Waals surface area (Å²) in [5.74, 6) is 0. The van der Waals surface area contributed by atoms with Crippen molar-refractivity contribution in [2.24, 2.45) is 0 Å². The fraction of sp³-hybridized carbons (Fsp3) is 0.0286. The lowest BCUT2D eigenvalue weighted by molar-refractivity contribution is 1.26. The van der Waals surface area contributed by atoms with Gasteiger partial charge in [-0.1, -0.05) is 115 Å². The fourth-order valence-corrected chi connectivity index (χ4v) is 6.50. The smallest absolute Gasteiger partial charge is 0.0355 e. The predicted octanol–water partition coefficient (Wildman–Crippen LogP) is 9.99. The second-order valence-electron chi connectivity index (χ2n) is 9.33. The van der Waals surface area contributed by atoms with Gasteiger partial charge in [0, 0.05) is 10.4 Å². The Bertz CT molecular complexity index is 1680. The quantitative estimate of drug-likeness (QED) is 0.237. The number of fused-ring (bicyclic) bond motifs is 3. The van der Waals surface area contributed by atoms with Crippen LogP contribution >= 0.6 is 11.3 Å². The molecular weight excluding hydrogens is 452 g/mol. The molecule has 0 fully saturated rings. The predicted molar refractivity (Wildman–Crippen MR) is 154 cm³/mol. The molecule has 0 bridgehead atoms. The Kier molecular flexibility index (Phi) is 5.15. The Balaban J connectivity index is 1.56. The van der Waals surface area contributed by atoms with Crippen LogP contribution in [-0.2, 0) is 6.42 Å². The Hall–Kier alpha value is -4.20. The van der Waals surface area contributed by atoms with E-state index >= 15 is 0 Å². The van der Waals surface area contributed by atoms with Gasteiger partial charge in [-0.3, -0.25) is 0 Å². The van der Waals surface area contributed by atoms with Crippen LogP contribution < -0.4 is 0 Å². The third-order valence-electron chi connectivity index (χ3n) is 7.21. The fourth-order valence-electron chi connectivity index (χ4n) is 5.56. The maximum absolute atomic E-state index is 2.45. The van der Waals surface area contributed by atoms with Crippen LogP contribution in [-0.4, -0.2) is 0 Å². The molecule has 0 atom stereocenters. The van der Waals surface area contributed by atoms with Crippen LogP contribution in [0.3, 0.4) is 0 Å². The van der Waals surface area contributed by atoms with E-state index < -0.39 is 0 Å². The SMILES string of the molecule is c1ccc(-c2csc(-c3cc4c(c(-c5ccccc5)c3-c3ccccc3)Cc3ccccc3-4)c2)cc1. The molecule has 1 aromatic heterocycles. The second-order valence-corrected chi connectivity index (χ2v) is 10.2. The van der Waals surface area contributed by atoms with Crippen molar-refractivity contribution in [3.63, 3.8) is 0 Å². The molecule has 0 radical (unpaired) electrons. The van der Waals surface area contributed by atoms with E-state index in [-0.39, 0.29) is 0 Å². The first kappa shape index (κ1) is 21.1. The molecule has 170 valence electrons. The minimum atomic E-state index is 0.968. The van der Waals surface area contributed by atoms with Crippen molar-refractivity contribution in [3.8, 4) is 54.9 Å². The van der Waals surface area contributed by atoms with Crippen molar-refractivity contribution >= 4 is 11.3 Å². The van der Waals surface area contributed by atoms with Crippen LogP contribution in [0.1, 0.15) is 11.1 Å². The van der Waals surface area contributed by atoms with Gasteiger partial charge in [-0.2, -0.15) is 0 Å². The summed E-state index contributed by atoms with van der Waals surface area (Å²) in [7, 11) is 0. The third-order valence-corrected chi connectivity index (χ3v) is 8.17. The number of rotatable bonds is 4. The van der Waals surface area contributed by atoms with E-state index in [1.165, 1.54) is 66.1 Å². The van der Waals surface area contributed by atoms with Crippen LogP contribution in [0.25, 0.3) is 54.9 Å². The van der Waals surface area contributed by atoms with Crippen LogP contribution in [0, 0.1) is 0 Å². The van der Waals surface area contributed by atoms with Crippen LogP contribution in [0.4, 0.5) is 0 Å². The molecule has 1 aliphatic carbocycles. The summed E-state index contributed by atoms with van der Waals surface area (Å²) in [6, 6.07) is 46.3. The molecule has 0 N–H and O–H groups in total. The molecule has 0 unspecified atom stereocenters. The van der Waals surface area contributed by atoms with Crippen molar-refractivity contribution in [1.82, 2.24) is 0 Å². The molecule has 0 saturated carbocycles. The number of benzene rings is 5. The van der Waals surface area contributed by atoms with Gasteiger partial charge in [-0.25, -0.2) is 0 Å². The largest absolute Gasteiger partial charge is 0.143 e. The van der Waals surface area contributed by atoms with Gasteiger partial charge in [0.05, 0.1) is 0 Å². The number of hydrogen-bond acceptors (Lipinski definition) is 1. The maximum Gasteiger partial charge on any atom is 0.0355 e. The highest BCUT2D eigenvalue weighted by Crippen LogP contribution is 2.51. The number of thiophene rings is 1. The van der Waals surface area contributed by atoms with Gasteiger partial charge in [-0.15, -0.1) is 11.3 Å². The van der Waals surface area contributed by atoms with E-state index in [1.54, 1.807) is 0 Å². The highest BCUT2D eigenvalue weighted by molar-refractivity contribution is 7.14. The Morgan fingerprint density at radius 1 is 0.444 bits per heavy atom. The molecule has 6 aromatic rings. The summed E-state index contributed by atoms with van der Waals surface area (Å²) in [6.07, 6.45) is 0.968. The van der Waals surface area contributed by atoms with E-state index in [9.17, 15) is 0 Å². The van der Waals surface area contributed by atoms with Gasteiger partial charge >= 0.3 is 0 Å². The zero-order valence-electron chi connectivity index (χ0n) is 19.8. The lowest BCUT2D eigenvalue weighted by Crippen LogP contribution is -1.96. The van der Waals surface area contributed by atoms with Crippen molar-refractivity contribution in [1.29, 1.82) is 0 Å². The first-order valence-corrected chi connectivity index (χ1v) is 13.3. The van der Waals surface area contributed by atoms with Crippen molar-refractivity contribution < 1.29 is 0 Å². The molecule has 1 heterocycles. The minimum absolute atomic E-state index is 0.968. The lowest BCUT2D eigenvalue weighted by atomic mass is 9.84. The first-order chi connectivity index (χ1) is 17.9. The summed E-state index contributed by atoms with van der Waals surface area (Å²) in [6.45, 7) is 0. The first-order valence-electron chi connectivity index (χ1n) is 12.4. The zero-order chi connectivity index (χ0) is 23.9. The van der Waals surface area contributed by atoms with Crippen molar-refractivity contribution in [2.75, 3.05) is 0 Å². The summed E-state index contributed by atoms with van der Waals surface area (Å²) < 4.78 is 0. The Morgan fingerprint density at radius 3 is 1.72 bits per heavy atom. The molecule has 0 nitrogen and oxygen atoms in total. The molecule has 7 rings (SSSR count). The van der Waals surface area contributed by atoms with E-state index in [0.717, 1.165) is 6.42 Å². The van der Waals surface area contributed by atoms with Gasteiger partial charge in [0.25, 0.3) is 0 Å². The van der Waals surface area contributed by atoms with Gasteiger partial charge < -0.3 is 0 Å².